The molecule has 6 heteroatoms. The molecule has 0 aliphatic rings. The molecule has 5 nitrogen and oxygen atoms in total. The lowest BCUT2D eigenvalue weighted by Gasteiger charge is -2.06. The van der Waals surface area contributed by atoms with Crippen LogP contribution in [0.15, 0.2) is 30.5 Å². The average molecular weight is 251 g/mol. The van der Waals surface area contributed by atoms with Crippen molar-refractivity contribution in [2.75, 3.05) is 5.32 Å². The maximum absolute atomic E-state index is 11.1. The molecule has 0 aliphatic carbocycles. The zero-order chi connectivity index (χ0) is 12.4. The Morgan fingerprint density at radius 3 is 2.76 bits per heavy atom. The summed E-state index contributed by atoms with van der Waals surface area (Å²) in [7, 11) is 0. The van der Waals surface area contributed by atoms with E-state index in [1.807, 2.05) is 0 Å². The molecule has 0 atom stereocenters. The number of benzene rings is 1. The van der Waals surface area contributed by atoms with Crippen molar-refractivity contribution in [1.29, 1.82) is 0 Å². The highest BCUT2D eigenvalue weighted by Crippen LogP contribution is 2.27. The number of fused-ring (bicyclic) bond motifs is 1. The first-order valence-electron chi connectivity index (χ1n) is 4.67. The number of rotatable bonds is 1. The van der Waals surface area contributed by atoms with Gasteiger partial charge in [-0.25, -0.2) is 4.79 Å². The van der Waals surface area contributed by atoms with Crippen LogP contribution in [0.3, 0.4) is 0 Å². The highest BCUT2D eigenvalue weighted by Gasteiger charge is 2.14. The minimum absolute atomic E-state index is 0.317. The summed E-state index contributed by atoms with van der Waals surface area (Å²) in [6, 6.07) is 6.53. The number of aliphatic carboxylic acids is 1. The summed E-state index contributed by atoms with van der Waals surface area (Å²) in [5.41, 5.74) is 0.770. The van der Waals surface area contributed by atoms with E-state index in [9.17, 15) is 9.59 Å². The fraction of sp³-hybridized carbons (Fsp3) is 0. The van der Waals surface area contributed by atoms with Crippen molar-refractivity contribution < 1.29 is 14.7 Å². The second kappa shape index (κ2) is 4.39. The van der Waals surface area contributed by atoms with Crippen LogP contribution in [-0.4, -0.2) is 22.0 Å². The van der Waals surface area contributed by atoms with Gasteiger partial charge < -0.3 is 10.4 Å². The molecule has 2 N–H and O–H groups in total. The van der Waals surface area contributed by atoms with Crippen LogP contribution >= 0.6 is 11.6 Å². The van der Waals surface area contributed by atoms with Crippen molar-refractivity contribution in [2.45, 2.75) is 0 Å². The Labute approximate surface area is 101 Å². The first kappa shape index (κ1) is 11.3. The highest BCUT2D eigenvalue weighted by atomic mass is 35.5. The topological polar surface area (TPSA) is 79.3 Å². The summed E-state index contributed by atoms with van der Waals surface area (Å²) < 4.78 is 0. The standard InChI is InChI=1S/C11H7ClN2O3/c12-7-3-4-8(14-10(15)11(16)17)9-6(7)2-1-5-13-9/h1-5H,(H,14,15)(H,16,17). The number of hydrogen-bond donors (Lipinski definition) is 2. The molecular formula is C11H7ClN2O3. The van der Waals surface area contributed by atoms with E-state index in [-0.39, 0.29) is 0 Å². The van der Waals surface area contributed by atoms with E-state index >= 15 is 0 Å². The molecule has 0 spiro atoms. The molecule has 86 valence electrons. The van der Waals surface area contributed by atoms with Crippen LogP contribution < -0.4 is 5.32 Å². The molecule has 0 saturated carbocycles. The Kier molecular flexibility index (Phi) is 2.93. The number of carbonyl (C=O) groups excluding carboxylic acids is 1. The second-order valence-corrected chi connectivity index (χ2v) is 3.66. The van der Waals surface area contributed by atoms with Gasteiger partial charge in [-0.3, -0.25) is 9.78 Å². The van der Waals surface area contributed by atoms with Crippen LogP contribution in [0.5, 0.6) is 0 Å². The molecule has 2 aromatic rings. The molecular weight excluding hydrogens is 244 g/mol. The van der Waals surface area contributed by atoms with E-state index in [0.717, 1.165) is 0 Å². The number of nitrogens with zero attached hydrogens (tertiary/aromatic N) is 1. The van der Waals surface area contributed by atoms with E-state index in [2.05, 4.69) is 10.3 Å². The smallest absolute Gasteiger partial charge is 0.394 e. The van der Waals surface area contributed by atoms with E-state index in [0.29, 0.717) is 21.6 Å². The van der Waals surface area contributed by atoms with Crippen molar-refractivity contribution in [1.82, 2.24) is 4.98 Å². The van der Waals surface area contributed by atoms with E-state index in [1.165, 1.54) is 12.3 Å². The monoisotopic (exact) mass is 250 g/mol. The number of anilines is 1. The number of aromatic nitrogens is 1. The highest BCUT2D eigenvalue weighted by molar-refractivity contribution is 6.38. The largest absolute Gasteiger partial charge is 0.474 e. The van der Waals surface area contributed by atoms with Crippen LogP contribution in [0, 0.1) is 0 Å². The van der Waals surface area contributed by atoms with Crippen LogP contribution in [0.4, 0.5) is 5.69 Å². The first-order chi connectivity index (χ1) is 8.09. The fourth-order valence-corrected chi connectivity index (χ4v) is 1.63. The van der Waals surface area contributed by atoms with Gasteiger partial charge in [-0.15, -0.1) is 0 Å². The van der Waals surface area contributed by atoms with Crippen molar-refractivity contribution >= 4 is 40.1 Å². The molecule has 1 amide bonds. The van der Waals surface area contributed by atoms with Gasteiger partial charge in [0.15, 0.2) is 0 Å². The first-order valence-corrected chi connectivity index (χ1v) is 5.05. The summed E-state index contributed by atoms with van der Waals surface area (Å²) in [5.74, 6) is -2.66. The molecule has 0 fully saturated rings. The molecule has 1 heterocycles. The van der Waals surface area contributed by atoms with Crippen LogP contribution in [0.25, 0.3) is 10.9 Å². The molecule has 1 aromatic heterocycles. The normalized spacial score (nSPS) is 10.2. The molecule has 1 aromatic carbocycles. The zero-order valence-electron chi connectivity index (χ0n) is 8.48. The van der Waals surface area contributed by atoms with Crippen molar-refractivity contribution in [3.05, 3.63) is 35.5 Å². The molecule has 0 radical (unpaired) electrons. The van der Waals surface area contributed by atoms with Gasteiger partial charge in [0.05, 0.1) is 16.2 Å². The van der Waals surface area contributed by atoms with Gasteiger partial charge in [0.25, 0.3) is 0 Å². The Morgan fingerprint density at radius 2 is 2.06 bits per heavy atom. The Morgan fingerprint density at radius 1 is 1.29 bits per heavy atom. The van der Waals surface area contributed by atoms with Crippen molar-refractivity contribution in [3.8, 4) is 0 Å². The fourth-order valence-electron chi connectivity index (χ4n) is 1.41. The van der Waals surface area contributed by atoms with Gasteiger partial charge in [0.1, 0.15) is 0 Å². The third kappa shape index (κ3) is 2.19. The summed E-state index contributed by atoms with van der Waals surface area (Å²) in [6.45, 7) is 0. The minimum Gasteiger partial charge on any atom is -0.474 e. The van der Waals surface area contributed by atoms with Crippen LogP contribution in [-0.2, 0) is 9.59 Å². The maximum atomic E-state index is 11.1. The Hall–Kier alpha value is -2.14. The summed E-state index contributed by atoms with van der Waals surface area (Å²) in [4.78, 5) is 25.6. The molecule has 0 aliphatic heterocycles. The average Bonchev–Trinajstić information content (AvgIpc) is 2.33. The van der Waals surface area contributed by atoms with E-state index in [1.54, 1.807) is 18.2 Å². The van der Waals surface area contributed by atoms with Gasteiger partial charge in [0.2, 0.25) is 0 Å². The number of carboxylic acids is 1. The number of halogens is 1. The lowest BCUT2D eigenvalue weighted by molar-refractivity contribution is -0.147. The molecule has 2 rings (SSSR count). The van der Waals surface area contributed by atoms with Gasteiger partial charge in [-0.2, -0.15) is 0 Å². The number of carboxylic acid groups (broad SMARTS) is 1. The zero-order valence-corrected chi connectivity index (χ0v) is 9.23. The number of hydrogen-bond acceptors (Lipinski definition) is 3. The quantitative estimate of drug-likeness (QED) is 0.758. The number of carbonyl (C=O) groups is 2. The van der Waals surface area contributed by atoms with Gasteiger partial charge >= 0.3 is 11.9 Å². The predicted octanol–water partition coefficient (Wildman–Crippen LogP) is 1.91. The van der Waals surface area contributed by atoms with Crippen LogP contribution in [0.1, 0.15) is 0 Å². The van der Waals surface area contributed by atoms with Gasteiger partial charge in [-0.1, -0.05) is 11.6 Å². The Bertz CT molecular complexity index is 613. The van der Waals surface area contributed by atoms with Crippen LogP contribution in [0.2, 0.25) is 5.02 Å². The van der Waals surface area contributed by atoms with E-state index < -0.39 is 11.9 Å². The molecule has 0 saturated heterocycles. The van der Waals surface area contributed by atoms with Crippen molar-refractivity contribution in [2.24, 2.45) is 0 Å². The number of amides is 1. The third-order valence-corrected chi connectivity index (χ3v) is 2.49. The lowest BCUT2D eigenvalue weighted by atomic mass is 10.2. The summed E-state index contributed by atoms with van der Waals surface area (Å²) in [6.07, 6.45) is 1.54. The van der Waals surface area contributed by atoms with Gasteiger partial charge in [-0.05, 0) is 24.3 Å². The Balaban J connectivity index is 2.52. The summed E-state index contributed by atoms with van der Waals surface area (Å²) >= 11 is 5.96. The number of pyridine rings is 1. The van der Waals surface area contributed by atoms with E-state index in [4.69, 9.17) is 16.7 Å². The molecule has 0 unspecified atom stereocenters. The summed E-state index contributed by atoms with van der Waals surface area (Å²) in [5, 5.41) is 11.9. The predicted molar refractivity (Wildman–Crippen MR) is 63.0 cm³/mol. The minimum atomic E-state index is -1.55. The third-order valence-electron chi connectivity index (χ3n) is 2.16. The van der Waals surface area contributed by atoms with Gasteiger partial charge in [0, 0.05) is 11.6 Å². The molecule has 0 bridgehead atoms. The maximum Gasteiger partial charge on any atom is 0.394 e. The number of nitrogens with one attached hydrogen (secondary N) is 1. The SMILES string of the molecule is O=C(O)C(=O)Nc1ccc(Cl)c2cccnc12. The lowest BCUT2D eigenvalue weighted by Crippen LogP contribution is -2.22. The van der Waals surface area contributed by atoms with Crippen molar-refractivity contribution in [3.63, 3.8) is 0 Å². The molecule has 17 heavy (non-hydrogen) atoms. The second-order valence-electron chi connectivity index (χ2n) is 3.25.